The van der Waals surface area contributed by atoms with E-state index >= 15 is 0 Å². The molecule has 1 unspecified atom stereocenters. The summed E-state index contributed by atoms with van der Waals surface area (Å²) in [7, 11) is -1.80. The van der Waals surface area contributed by atoms with Gasteiger partial charge in [0.05, 0.1) is 10.9 Å². The van der Waals surface area contributed by atoms with Gasteiger partial charge in [0.25, 0.3) is 5.91 Å². The zero-order chi connectivity index (χ0) is 18.0. The van der Waals surface area contributed by atoms with Crippen molar-refractivity contribution in [2.24, 2.45) is 0 Å². The van der Waals surface area contributed by atoms with Gasteiger partial charge in [-0.25, -0.2) is 13.1 Å². The average molecular weight is 358 g/mol. The van der Waals surface area contributed by atoms with Gasteiger partial charge in [-0.1, -0.05) is 37.3 Å². The van der Waals surface area contributed by atoms with E-state index in [1.54, 1.807) is 31.0 Å². The van der Waals surface area contributed by atoms with Crippen LogP contribution >= 0.6 is 0 Å². The molecule has 6 heteroatoms. The Bertz CT molecular complexity index is 893. The molecule has 0 spiro atoms. The highest BCUT2D eigenvalue weighted by atomic mass is 32.2. The fourth-order valence-corrected chi connectivity index (χ4v) is 4.44. The summed E-state index contributed by atoms with van der Waals surface area (Å²) in [6.07, 6.45) is 1.84. The zero-order valence-corrected chi connectivity index (χ0v) is 15.2. The van der Waals surface area contributed by atoms with Crippen LogP contribution in [0.5, 0.6) is 0 Å². The summed E-state index contributed by atoms with van der Waals surface area (Å²) < 4.78 is 26.8. The molecule has 0 heterocycles. The van der Waals surface area contributed by atoms with Crippen molar-refractivity contribution in [3.8, 4) is 0 Å². The van der Waals surface area contributed by atoms with E-state index < -0.39 is 10.0 Å². The standard InChI is InChI=1S/C19H22N2O3S/c1-3-20-25(23,24)16-9-6-8-15(13-16)19(22)21(2)18-12-11-14-7-4-5-10-17(14)18/h4-10,13,18,20H,3,11-12H2,1-2H3. The molecule has 1 aliphatic rings. The average Bonchev–Trinajstić information content (AvgIpc) is 3.04. The van der Waals surface area contributed by atoms with Gasteiger partial charge in [-0.2, -0.15) is 0 Å². The number of rotatable bonds is 5. The van der Waals surface area contributed by atoms with Crippen molar-refractivity contribution in [2.75, 3.05) is 13.6 Å². The predicted octanol–water partition coefficient (Wildman–Crippen LogP) is 2.74. The molecule has 0 saturated carbocycles. The topological polar surface area (TPSA) is 66.5 Å². The lowest BCUT2D eigenvalue weighted by Gasteiger charge is -2.25. The van der Waals surface area contributed by atoms with Gasteiger partial charge < -0.3 is 4.90 Å². The maximum Gasteiger partial charge on any atom is 0.254 e. The van der Waals surface area contributed by atoms with E-state index in [0.29, 0.717) is 12.1 Å². The number of carbonyl (C=O) groups excluding carboxylic acids is 1. The fourth-order valence-electron chi connectivity index (χ4n) is 3.35. The number of hydrogen-bond donors (Lipinski definition) is 1. The molecule has 0 bridgehead atoms. The maximum atomic E-state index is 12.9. The molecule has 0 aromatic heterocycles. The van der Waals surface area contributed by atoms with Gasteiger partial charge >= 0.3 is 0 Å². The molecule has 0 saturated heterocycles. The number of nitrogens with one attached hydrogen (secondary N) is 1. The molecule has 0 aliphatic heterocycles. The molecule has 0 fully saturated rings. The summed E-state index contributed by atoms with van der Waals surface area (Å²) in [5.74, 6) is -0.171. The molecule has 0 radical (unpaired) electrons. The van der Waals surface area contributed by atoms with Crippen LogP contribution in [0.4, 0.5) is 0 Å². The van der Waals surface area contributed by atoms with Gasteiger partial charge in [-0.15, -0.1) is 0 Å². The molecule has 2 aromatic rings. The second kappa shape index (κ2) is 6.98. The Kier molecular flexibility index (Phi) is 4.92. The van der Waals surface area contributed by atoms with E-state index in [0.717, 1.165) is 12.8 Å². The van der Waals surface area contributed by atoms with E-state index in [2.05, 4.69) is 16.9 Å². The lowest BCUT2D eigenvalue weighted by atomic mass is 10.1. The van der Waals surface area contributed by atoms with Crippen molar-refractivity contribution in [3.05, 3.63) is 65.2 Å². The van der Waals surface area contributed by atoms with Crippen LogP contribution in [0.25, 0.3) is 0 Å². The molecule has 1 N–H and O–H groups in total. The monoisotopic (exact) mass is 358 g/mol. The zero-order valence-electron chi connectivity index (χ0n) is 14.4. The molecule has 1 aliphatic carbocycles. The van der Waals surface area contributed by atoms with Crippen LogP contribution in [0, 0.1) is 0 Å². The van der Waals surface area contributed by atoms with E-state index in [4.69, 9.17) is 0 Å². The minimum absolute atomic E-state index is 0.0257. The van der Waals surface area contributed by atoms with Crippen LogP contribution in [-0.2, 0) is 16.4 Å². The lowest BCUT2D eigenvalue weighted by molar-refractivity contribution is 0.0730. The second-order valence-corrected chi connectivity index (χ2v) is 7.97. The first-order valence-electron chi connectivity index (χ1n) is 8.38. The van der Waals surface area contributed by atoms with Gasteiger partial charge in [-0.05, 0) is 42.2 Å². The van der Waals surface area contributed by atoms with Crippen LogP contribution in [0.2, 0.25) is 0 Å². The van der Waals surface area contributed by atoms with Crippen LogP contribution in [0.15, 0.2) is 53.4 Å². The SMILES string of the molecule is CCNS(=O)(=O)c1cccc(C(=O)N(C)C2CCc3ccccc32)c1. The molecule has 25 heavy (non-hydrogen) atoms. The second-order valence-electron chi connectivity index (χ2n) is 6.20. The van der Waals surface area contributed by atoms with Crippen molar-refractivity contribution < 1.29 is 13.2 Å². The summed E-state index contributed by atoms with van der Waals surface area (Å²) in [6, 6.07) is 14.4. The first-order valence-corrected chi connectivity index (χ1v) is 9.87. The Balaban J connectivity index is 1.87. The summed E-state index contributed by atoms with van der Waals surface area (Å²) in [5, 5.41) is 0. The lowest BCUT2D eigenvalue weighted by Crippen LogP contribution is -2.30. The van der Waals surface area contributed by atoms with Gasteiger partial charge in [0.15, 0.2) is 0 Å². The van der Waals surface area contributed by atoms with Crippen molar-refractivity contribution in [1.29, 1.82) is 0 Å². The highest BCUT2D eigenvalue weighted by Crippen LogP contribution is 2.35. The number of benzene rings is 2. The third kappa shape index (κ3) is 3.45. The van der Waals surface area contributed by atoms with Crippen LogP contribution in [0.3, 0.4) is 0 Å². The largest absolute Gasteiger partial charge is 0.335 e. The smallest absolute Gasteiger partial charge is 0.254 e. The Morgan fingerprint density at radius 3 is 2.72 bits per heavy atom. The van der Waals surface area contributed by atoms with E-state index in [1.807, 2.05) is 12.1 Å². The molecule has 5 nitrogen and oxygen atoms in total. The number of carbonyl (C=O) groups is 1. The normalized spacial score (nSPS) is 16.5. The van der Waals surface area contributed by atoms with Crippen molar-refractivity contribution >= 4 is 15.9 Å². The fraction of sp³-hybridized carbons (Fsp3) is 0.316. The Labute approximate surface area is 148 Å². The Morgan fingerprint density at radius 2 is 1.96 bits per heavy atom. The van der Waals surface area contributed by atoms with Crippen molar-refractivity contribution in [2.45, 2.75) is 30.7 Å². The number of nitrogens with zero attached hydrogens (tertiary/aromatic N) is 1. The summed E-state index contributed by atoms with van der Waals surface area (Å²) in [4.78, 5) is 14.7. The Morgan fingerprint density at radius 1 is 1.20 bits per heavy atom. The maximum absolute atomic E-state index is 12.9. The number of sulfonamides is 1. The summed E-state index contributed by atoms with van der Waals surface area (Å²) >= 11 is 0. The molecular weight excluding hydrogens is 336 g/mol. The van der Waals surface area contributed by atoms with Crippen LogP contribution in [-0.4, -0.2) is 32.8 Å². The summed E-state index contributed by atoms with van der Waals surface area (Å²) in [5.41, 5.74) is 2.83. The Hall–Kier alpha value is -2.18. The van der Waals surface area contributed by atoms with Gasteiger partial charge in [0.1, 0.15) is 0 Å². The number of aryl methyl sites for hydroxylation is 1. The molecular formula is C19H22N2O3S. The van der Waals surface area contributed by atoms with Crippen molar-refractivity contribution in [1.82, 2.24) is 9.62 Å². The van der Waals surface area contributed by atoms with Gasteiger partial charge in [0.2, 0.25) is 10.0 Å². The van der Waals surface area contributed by atoms with E-state index in [1.165, 1.54) is 23.3 Å². The third-order valence-electron chi connectivity index (χ3n) is 4.61. The molecule has 2 aromatic carbocycles. The highest BCUT2D eigenvalue weighted by molar-refractivity contribution is 7.89. The minimum Gasteiger partial charge on any atom is -0.335 e. The molecule has 132 valence electrons. The minimum atomic E-state index is -3.58. The molecule has 1 atom stereocenters. The van der Waals surface area contributed by atoms with Crippen LogP contribution in [0.1, 0.15) is 40.9 Å². The first-order chi connectivity index (χ1) is 11.9. The van der Waals surface area contributed by atoms with E-state index in [-0.39, 0.29) is 16.8 Å². The summed E-state index contributed by atoms with van der Waals surface area (Å²) in [6.45, 7) is 2.02. The number of amides is 1. The molecule has 1 amide bonds. The number of hydrogen-bond acceptors (Lipinski definition) is 3. The van der Waals surface area contributed by atoms with Gasteiger partial charge in [-0.3, -0.25) is 4.79 Å². The van der Waals surface area contributed by atoms with E-state index in [9.17, 15) is 13.2 Å². The quantitative estimate of drug-likeness (QED) is 0.894. The first kappa shape index (κ1) is 17.6. The third-order valence-corrected chi connectivity index (χ3v) is 6.16. The van der Waals surface area contributed by atoms with Crippen molar-refractivity contribution in [3.63, 3.8) is 0 Å². The van der Waals surface area contributed by atoms with Gasteiger partial charge in [0, 0.05) is 19.2 Å². The van der Waals surface area contributed by atoms with Crippen LogP contribution < -0.4 is 4.72 Å². The number of fused-ring (bicyclic) bond motifs is 1. The highest BCUT2D eigenvalue weighted by Gasteiger charge is 2.29. The molecule has 3 rings (SSSR count). The predicted molar refractivity (Wildman–Crippen MR) is 96.9 cm³/mol.